The summed E-state index contributed by atoms with van der Waals surface area (Å²) in [5.74, 6) is -0.162. The Hall–Kier alpha value is -2.63. The third-order valence-electron chi connectivity index (χ3n) is 3.31. The maximum Gasteiger partial charge on any atom is 0.350 e. The Morgan fingerprint density at radius 1 is 1.25 bits per heavy atom. The first-order valence-electron chi connectivity index (χ1n) is 7.61. The fourth-order valence-electron chi connectivity index (χ4n) is 1.99. The largest absolute Gasteiger partial charge is 0.469 e. The SMILES string of the molecule is Cc1cc(OC(=O)C(C)(C)C)c(C(=O)CCc2ccco2)c(=O)o1. The molecule has 0 radical (unpaired) electrons. The molecule has 0 saturated heterocycles. The minimum Gasteiger partial charge on any atom is -0.469 e. The van der Waals surface area contributed by atoms with Crippen LogP contribution in [0.3, 0.4) is 0 Å². The smallest absolute Gasteiger partial charge is 0.350 e. The number of hydrogen-bond acceptors (Lipinski definition) is 6. The number of carbonyl (C=O) groups is 2. The highest BCUT2D eigenvalue weighted by atomic mass is 16.5. The minimum atomic E-state index is -0.809. The summed E-state index contributed by atoms with van der Waals surface area (Å²) in [6.07, 6.45) is 1.89. The summed E-state index contributed by atoms with van der Waals surface area (Å²) in [6, 6.07) is 4.84. The zero-order valence-electron chi connectivity index (χ0n) is 14.2. The van der Waals surface area contributed by atoms with Gasteiger partial charge in [0.2, 0.25) is 0 Å². The predicted octanol–water partition coefficient (Wildman–Crippen LogP) is 3.31. The van der Waals surface area contributed by atoms with Crippen molar-refractivity contribution in [1.29, 1.82) is 0 Å². The van der Waals surface area contributed by atoms with Crippen molar-refractivity contribution < 1.29 is 23.2 Å². The Balaban J connectivity index is 2.29. The van der Waals surface area contributed by atoms with E-state index in [1.807, 2.05) is 0 Å². The fourth-order valence-corrected chi connectivity index (χ4v) is 1.99. The lowest BCUT2D eigenvalue weighted by atomic mass is 9.97. The van der Waals surface area contributed by atoms with Crippen LogP contribution in [0.5, 0.6) is 5.75 Å². The van der Waals surface area contributed by atoms with Gasteiger partial charge in [-0.25, -0.2) is 4.79 Å². The molecule has 2 rings (SSSR count). The van der Waals surface area contributed by atoms with Gasteiger partial charge in [0.05, 0.1) is 11.7 Å². The van der Waals surface area contributed by atoms with E-state index in [2.05, 4.69) is 0 Å². The van der Waals surface area contributed by atoms with Gasteiger partial charge in [-0.15, -0.1) is 0 Å². The van der Waals surface area contributed by atoms with Crippen LogP contribution in [0, 0.1) is 12.3 Å². The highest BCUT2D eigenvalue weighted by Gasteiger charge is 2.27. The first-order valence-corrected chi connectivity index (χ1v) is 7.61. The summed E-state index contributed by atoms with van der Waals surface area (Å²) < 4.78 is 15.4. The Bertz CT molecular complexity index is 790. The first-order chi connectivity index (χ1) is 11.2. The van der Waals surface area contributed by atoms with Crippen LogP contribution in [0.25, 0.3) is 0 Å². The quantitative estimate of drug-likeness (QED) is 0.617. The van der Waals surface area contributed by atoms with Crippen LogP contribution >= 0.6 is 0 Å². The molecule has 24 heavy (non-hydrogen) atoms. The monoisotopic (exact) mass is 332 g/mol. The zero-order valence-corrected chi connectivity index (χ0v) is 14.2. The fraction of sp³-hybridized carbons (Fsp3) is 0.389. The number of furan rings is 1. The summed E-state index contributed by atoms with van der Waals surface area (Å²) in [5.41, 5.74) is -1.82. The Labute approximate surface area is 139 Å². The predicted molar refractivity (Wildman–Crippen MR) is 86.2 cm³/mol. The van der Waals surface area contributed by atoms with Gasteiger partial charge in [0, 0.05) is 18.9 Å². The van der Waals surface area contributed by atoms with Gasteiger partial charge in [-0.1, -0.05) is 0 Å². The van der Waals surface area contributed by atoms with E-state index in [-0.39, 0.29) is 23.5 Å². The summed E-state index contributed by atoms with van der Waals surface area (Å²) in [4.78, 5) is 36.6. The molecule has 0 N–H and O–H groups in total. The molecule has 0 aliphatic carbocycles. The molecule has 0 atom stereocenters. The van der Waals surface area contributed by atoms with E-state index >= 15 is 0 Å². The van der Waals surface area contributed by atoms with E-state index in [0.29, 0.717) is 12.2 Å². The lowest BCUT2D eigenvalue weighted by Gasteiger charge is -2.17. The van der Waals surface area contributed by atoms with Crippen LogP contribution < -0.4 is 10.4 Å². The van der Waals surface area contributed by atoms with Crippen LogP contribution in [0.4, 0.5) is 0 Å². The summed E-state index contributed by atoms with van der Waals surface area (Å²) in [6.45, 7) is 6.61. The Kier molecular flexibility index (Phi) is 5.07. The number of aryl methyl sites for hydroxylation is 2. The van der Waals surface area contributed by atoms with Crippen molar-refractivity contribution in [3.8, 4) is 5.75 Å². The summed E-state index contributed by atoms with van der Waals surface area (Å²) >= 11 is 0. The molecule has 6 heteroatoms. The van der Waals surface area contributed by atoms with Gasteiger partial charge in [0.1, 0.15) is 17.1 Å². The number of ketones is 1. The van der Waals surface area contributed by atoms with E-state index in [9.17, 15) is 14.4 Å². The third-order valence-corrected chi connectivity index (χ3v) is 3.31. The maximum absolute atomic E-state index is 12.4. The van der Waals surface area contributed by atoms with Crippen LogP contribution in [0.2, 0.25) is 0 Å². The first kappa shape index (κ1) is 17.7. The van der Waals surface area contributed by atoms with Crippen LogP contribution in [-0.4, -0.2) is 11.8 Å². The molecule has 0 bridgehead atoms. The van der Waals surface area contributed by atoms with Gasteiger partial charge in [-0.05, 0) is 39.8 Å². The average Bonchev–Trinajstić information content (AvgIpc) is 2.96. The van der Waals surface area contributed by atoms with Crippen molar-refractivity contribution in [1.82, 2.24) is 0 Å². The van der Waals surface area contributed by atoms with Gasteiger partial charge in [-0.3, -0.25) is 9.59 Å². The number of ether oxygens (including phenoxy) is 1. The molecule has 0 amide bonds. The van der Waals surface area contributed by atoms with Gasteiger partial charge in [-0.2, -0.15) is 0 Å². The van der Waals surface area contributed by atoms with E-state index in [0.717, 1.165) is 0 Å². The lowest BCUT2D eigenvalue weighted by Crippen LogP contribution is -2.28. The second kappa shape index (κ2) is 6.86. The number of esters is 1. The standard InChI is InChI=1S/C18H20O6/c1-11-10-14(24-17(21)18(2,3)4)15(16(20)23-11)13(19)8-7-12-6-5-9-22-12/h5-6,9-10H,7-8H2,1-4H3. The van der Waals surface area contributed by atoms with E-state index in [4.69, 9.17) is 13.6 Å². The average molecular weight is 332 g/mol. The van der Waals surface area contributed by atoms with Crippen molar-refractivity contribution in [2.24, 2.45) is 5.41 Å². The van der Waals surface area contributed by atoms with Crippen molar-refractivity contribution in [3.63, 3.8) is 0 Å². The number of rotatable bonds is 5. The second-order valence-electron chi connectivity index (χ2n) is 6.53. The minimum absolute atomic E-state index is 0.0431. The molecule has 0 aliphatic rings. The molecular formula is C18H20O6. The normalized spacial score (nSPS) is 11.3. The van der Waals surface area contributed by atoms with Crippen molar-refractivity contribution in [2.75, 3.05) is 0 Å². The second-order valence-corrected chi connectivity index (χ2v) is 6.53. The Morgan fingerprint density at radius 2 is 1.96 bits per heavy atom. The molecule has 2 heterocycles. The number of carbonyl (C=O) groups excluding carboxylic acids is 2. The van der Waals surface area contributed by atoms with E-state index in [1.165, 1.54) is 12.3 Å². The summed E-state index contributed by atoms with van der Waals surface area (Å²) in [5, 5.41) is 0. The summed E-state index contributed by atoms with van der Waals surface area (Å²) in [7, 11) is 0. The number of Topliss-reactive ketones (excluding diaryl/α,β-unsaturated/α-hetero) is 1. The van der Waals surface area contributed by atoms with E-state index in [1.54, 1.807) is 39.8 Å². The van der Waals surface area contributed by atoms with Gasteiger partial charge >= 0.3 is 11.6 Å². The van der Waals surface area contributed by atoms with Gasteiger partial charge in [0.25, 0.3) is 0 Å². The molecule has 128 valence electrons. The van der Waals surface area contributed by atoms with Crippen LogP contribution in [0.15, 0.2) is 38.1 Å². The van der Waals surface area contributed by atoms with E-state index < -0.39 is 22.8 Å². The molecule has 2 aromatic rings. The van der Waals surface area contributed by atoms with Gasteiger partial charge in [0.15, 0.2) is 11.5 Å². The highest BCUT2D eigenvalue weighted by Crippen LogP contribution is 2.23. The lowest BCUT2D eigenvalue weighted by molar-refractivity contribution is -0.143. The van der Waals surface area contributed by atoms with Crippen molar-refractivity contribution in [2.45, 2.75) is 40.5 Å². The molecule has 0 unspecified atom stereocenters. The molecule has 0 saturated carbocycles. The Morgan fingerprint density at radius 3 is 2.54 bits per heavy atom. The molecule has 2 aromatic heterocycles. The topological polar surface area (TPSA) is 86.7 Å². The molecule has 0 aromatic carbocycles. The van der Waals surface area contributed by atoms with Crippen LogP contribution in [0.1, 0.15) is 49.1 Å². The molecule has 6 nitrogen and oxygen atoms in total. The maximum atomic E-state index is 12.4. The molecule has 0 spiro atoms. The highest BCUT2D eigenvalue weighted by molar-refractivity contribution is 5.99. The van der Waals surface area contributed by atoms with Crippen molar-refractivity contribution in [3.05, 3.63) is 52.0 Å². The third kappa shape index (κ3) is 4.22. The molecular weight excluding hydrogens is 312 g/mol. The zero-order chi connectivity index (χ0) is 17.9. The number of hydrogen-bond donors (Lipinski definition) is 0. The van der Waals surface area contributed by atoms with Gasteiger partial charge < -0.3 is 13.6 Å². The molecule has 0 fully saturated rings. The van der Waals surface area contributed by atoms with Crippen molar-refractivity contribution >= 4 is 11.8 Å². The van der Waals surface area contributed by atoms with Crippen LogP contribution in [-0.2, 0) is 11.2 Å². The molecule has 0 aliphatic heterocycles.